The molecule has 0 unspecified atom stereocenters. The normalized spacial score (nSPS) is 16.6. The van der Waals surface area contributed by atoms with Crippen LogP contribution >= 0.6 is 11.6 Å². The van der Waals surface area contributed by atoms with Crippen LogP contribution in [0.3, 0.4) is 0 Å². The Bertz CT molecular complexity index is 559. The Morgan fingerprint density at radius 2 is 1.95 bits per heavy atom. The van der Waals surface area contributed by atoms with Crippen molar-refractivity contribution in [1.29, 1.82) is 0 Å². The van der Waals surface area contributed by atoms with Gasteiger partial charge in [0.1, 0.15) is 5.54 Å². The van der Waals surface area contributed by atoms with Crippen LogP contribution in [0.5, 0.6) is 11.5 Å². The fourth-order valence-electron chi connectivity index (χ4n) is 3.11. The van der Waals surface area contributed by atoms with Crippen LogP contribution in [0.1, 0.15) is 36.8 Å². The Hall–Kier alpha value is -1.51. The van der Waals surface area contributed by atoms with Crippen molar-refractivity contribution in [2.75, 3.05) is 14.2 Å². The molecular weight excluding hydrogens is 278 g/mol. The first kappa shape index (κ1) is 14.9. The van der Waals surface area contributed by atoms with Gasteiger partial charge in [-0.05, 0) is 31.4 Å². The number of ether oxygens (including phenoxy) is 2. The number of carbonyl (C=O) groups excluding carboxylic acids is 1. The highest BCUT2D eigenvalue weighted by molar-refractivity contribution is 6.33. The molecule has 5 heteroatoms. The standard InChI is InChI=1S/C15H18ClNO3/c1-10-8-11(19-2)14(20-3)13(16)12(10)15(17-9-18)6-4-5-7-15/h8H,4-7H2,1-3H3. The van der Waals surface area contributed by atoms with Gasteiger partial charge < -0.3 is 9.47 Å². The van der Waals surface area contributed by atoms with E-state index in [1.807, 2.05) is 13.0 Å². The zero-order chi connectivity index (χ0) is 14.8. The second-order valence-corrected chi connectivity index (χ2v) is 5.44. The average molecular weight is 296 g/mol. The lowest BCUT2D eigenvalue weighted by Crippen LogP contribution is -2.21. The van der Waals surface area contributed by atoms with Gasteiger partial charge in [0.2, 0.25) is 6.08 Å². The molecule has 108 valence electrons. The third kappa shape index (κ3) is 2.30. The fraction of sp³-hybridized carbons (Fsp3) is 0.533. The highest BCUT2D eigenvalue weighted by atomic mass is 35.5. The smallest absolute Gasteiger partial charge is 0.235 e. The predicted octanol–water partition coefficient (Wildman–Crippen LogP) is 3.77. The SMILES string of the molecule is COc1cc(C)c(C2(N=C=O)CCCC2)c(Cl)c1OC. The topological polar surface area (TPSA) is 47.9 Å². The van der Waals surface area contributed by atoms with Gasteiger partial charge in [-0.1, -0.05) is 24.4 Å². The van der Waals surface area contributed by atoms with Crippen LogP contribution in [-0.2, 0) is 10.3 Å². The van der Waals surface area contributed by atoms with Crippen LogP contribution in [-0.4, -0.2) is 20.3 Å². The van der Waals surface area contributed by atoms with Crippen LogP contribution in [0.25, 0.3) is 0 Å². The largest absolute Gasteiger partial charge is 0.493 e. The Morgan fingerprint density at radius 3 is 2.45 bits per heavy atom. The molecule has 0 aromatic heterocycles. The maximum Gasteiger partial charge on any atom is 0.235 e. The molecule has 0 heterocycles. The number of isocyanates is 1. The minimum Gasteiger partial charge on any atom is -0.493 e. The first-order chi connectivity index (χ1) is 9.59. The number of nitrogens with zero attached hydrogens (tertiary/aromatic N) is 1. The van der Waals surface area contributed by atoms with E-state index in [0.29, 0.717) is 16.5 Å². The summed E-state index contributed by atoms with van der Waals surface area (Å²) in [5.74, 6) is 1.07. The second-order valence-electron chi connectivity index (χ2n) is 5.06. The number of halogens is 1. The van der Waals surface area contributed by atoms with Gasteiger partial charge in [0.25, 0.3) is 0 Å². The van der Waals surface area contributed by atoms with E-state index < -0.39 is 5.54 Å². The summed E-state index contributed by atoms with van der Waals surface area (Å²) >= 11 is 6.51. The van der Waals surface area contributed by atoms with Crippen molar-refractivity contribution in [1.82, 2.24) is 0 Å². The summed E-state index contributed by atoms with van der Waals surface area (Å²) in [4.78, 5) is 14.9. The number of benzene rings is 1. The third-order valence-electron chi connectivity index (χ3n) is 3.96. The molecule has 1 aromatic carbocycles. The van der Waals surface area contributed by atoms with Gasteiger partial charge in [0.15, 0.2) is 11.5 Å². The van der Waals surface area contributed by atoms with E-state index in [-0.39, 0.29) is 0 Å². The van der Waals surface area contributed by atoms with Crippen molar-refractivity contribution in [3.05, 3.63) is 22.2 Å². The van der Waals surface area contributed by atoms with Crippen LogP contribution in [0.4, 0.5) is 0 Å². The second kappa shape index (κ2) is 5.86. The van der Waals surface area contributed by atoms with Gasteiger partial charge in [-0.3, -0.25) is 0 Å². The van der Waals surface area contributed by atoms with Gasteiger partial charge in [0, 0.05) is 5.56 Å². The molecular formula is C15H18ClNO3. The number of hydrogen-bond donors (Lipinski definition) is 0. The van der Waals surface area contributed by atoms with Crippen molar-refractivity contribution in [3.8, 4) is 11.5 Å². The Labute approximate surface area is 123 Å². The lowest BCUT2D eigenvalue weighted by Gasteiger charge is -2.27. The Kier molecular flexibility index (Phi) is 4.36. The molecule has 0 amide bonds. The zero-order valence-corrected chi connectivity index (χ0v) is 12.7. The molecule has 1 aliphatic carbocycles. The van der Waals surface area contributed by atoms with Crippen molar-refractivity contribution >= 4 is 17.7 Å². The summed E-state index contributed by atoms with van der Waals surface area (Å²) in [6.45, 7) is 1.95. The molecule has 20 heavy (non-hydrogen) atoms. The summed E-state index contributed by atoms with van der Waals surface area (Å²) in [7, 11) is 3.12. The molecule has 0 spiro atoms. The van der Waals surface area contributed by atoms with Crippen LogP contribution in [0.15, 0.2) is 11.1 Å². The van der Waals surface area contributed by atoms with Gasteiger partial charge in [-0.15, -0.1) is 0 Å². The average Bonchev–Trinajstić information content (AvgIpc) is 2.87. The van der Waals surface area contributed by atoms with E-state index in [1.165, 1.54) is 0 Å². The Balaban J connectivity index is 2.70. The van der Waals surface area contributed by atoms with E-state index in [9.17, 15) is 4.79 Å². The molecule has 4 nitrogen and oxygen atoms in total. The van der Waals surface area contributed by atoms with Crippen LogP contribution in [0.2, 0.25) is 5.02 Å². The quantitative estimate of drug-likeness (QED) is 0.627. The minimum atomic E-state index is -0.567. The monoisotopic (exact) mass is 295 g/mol. The van der Waals surface area contributed by atoms with Gasteiger partial charge >= 0.3 is 0 Å². The first-order valence-corrected chi connectivity index (χ1v) is 6.98. The maximum absolute atomic E-state index is 10.8. The van der Waals surface area contributed by atoms with E-state index in [0.717, 1.165) is 36.8 Å². The van der Waals surface area contributed by atoms with Gasteiger partial charge in [0.05, 0.1) is 19.2 Å². The first-order valence-electron chi connectivity index (χ1n) is 6.60. The molecule has 1 fully saturated rings. The summed E-state index contributed by atoms with van der Waals surface area (Å²) in [5, 5.41) is 0.477. The highest BCUT2D eigenvalue weighted by Crippen LogP contribution is 2.50. The Morgan fingerprint density at radius 1 is 1.30 bits per heavy atom. The van der Waals surface area contributed by atoms with E-state index in [2.05, 4.69) is 4.99 Å². The predicted molar refractivity (Wildman–Crippen MR) is 77.6 cm³/mol. The maximum atomic E-state index is 10.8. The summed E-state index contributed by atoms with van der Waals surface area (Å²) in [5.41, 5.74) is 1.24. The van der Waals surface area contributed by atoms with Gasteiger partial charge in [-0.2, -0.15) is 4.99 Å². The zero-order valence-electron chi connectivity index (χ0n) is 12.0. The molecule has 0 radical (unpaired) electrons. The van der Waals surface area contributed by atoms with Crippen molar-refractivity contribution < 1.29 is 14.3 Å². The molecule has 1 aromatic rings. The van der Waals surface area contributed by atoms with Crippen LogP contribution < -0.4 is 9.47 Å². The number of rotatable bonds is 4. The summed E-state index contributed by atoms with van der Waals surface area (Å²) < 4.78 is 10.6. The molecule has 0 saturated heterocycles. The van der Waals surface area contributed by atoms with E-state index >= 15 is 0 Å². The van der Waals surface area contributed by atoms with E-state index in [1.54, 1.807) is 20.3 Å². The van der Waals surface area contributed by atoms with Gasteiger partial charge in [-0.25, -0.2) is 4.79 Å². The molecule has 0 bridgehead atoms. The number of hydrogen-bond acceptors (Lipinski definition) is 4. The number of aryl methyl sites for hydroxylation is 1. The number of aliphatic imine (C=N–C) groups is 1. The molecule has 0 atom stereocenters. The number of methoxy groups -OCH3 is 2. The fourth-order valence-corrected chi connectivity index (χ4v) is 3.60. The molecule has 0 N–H and O–H groups in total. The molecule has 0 aliphatic heterocycles. The summed E-state index contributed by atoms with van der Waals surface area (Å²) in [6, 6.07) is 1.88. The van der Waals surface area contributed by atoms with Crippen molar-refractivity contribution in [2.45, 2.75) is 38.1 Å². The summed E-state index contributed by atoms with van der Waals surface area (Å²) in [6.07, 6.45) is 5.37. The highest BCUT2D eigenvalue weighted by Gasteiger charge is 2.40. The lowest BCUT2D eigenvalue weighted by atomic mass is 9.85. The van der Waals surface area contributed by atoms with Crippen LogP contribution in [0, 0.1) is 6.92 Å². The van der Waals surface area contributed by atoms with Crippen molar-refractivity contribution in [3.63, 3.8) is 0 Å². The molecule has 1 aliphatic rings. The minimum absolute atomic E-state index is 0.477. The third-order valence-corrected chi connectivity index (χ3v) is 4.32. The van der Waals surface area contributed by atoms with Crippen molar-refractivity contribution in [2.24, 2.45) is 4.99 Å². The lowest BCUT2D eigenvalue weighted by molar-refractivity contribution is 0.352. The molecule has 1 saturated carbocycles. The molecule has 2 rings (SSSR count). The van der Waals surface area contributed by atoms with E-state index in [4.69, 9.17) is 21.1 Å².